The number of alkyl halides is 1. The van der Waals surface area contributed by atoms with E-state index in [-0.39, 0.29) is 11.2 Å². The van der Waals surface area contributed by atoms with Crippen LogP contribution in [0.2, 0.25) is 0 Å². The first-order valence-electron chi connectivity index (χ1n) is 7.23. The van der Waals surface area contributed by atoms with Gasteiger partial charge in [0, 0.05) is 15.2 Å². The molecule has 1 unspecified atom stereocenters. The molecule has 0 saturated heterocycles. The summed E-state index contributed by atoms with van der Waals surface area (Å²) in [7, 11) is 0. The first-order chi connectivity index (χ1) is 10.1. The molecule has 0 aliphatic heterocycles. The van der Waals surface area contributed by atoms with E-state index in [0.717, 1.165) is 41.0 Å². The van der Waals surface area contributed by atoms with Crippen LogP contribution in [0.4, 0.5) is 4.39 Å². The van der Waals surface area contributed by atoms with E-state index in [0.29, 0.717) is 0 Å². The van der Waals surface area contributed by atoms with Crippen LogP contribution in [0.1, 0.15) is 29.5 Å². The predicted molar refractivity (Wildman–Crippen MR) is 92.7 cm³/mol. The summed E-state index contributed by atoms with van der Waals surface area (Å²) in [5.41, 5.74) is 3.59. The molecule has 0 N–H and O–H groups in total. The van der Waals surface area contributed by atoms with Gasteiger partial charge >= 0.3 is 0 Å². The van der Waals surface area contributed by atoms with Crippen LogP contribution in [-0.4, -0.2) is 5.33 Å². The second-order valence-corrected chi connectivity index (χ2v) is 7.31. The molecule has 0 spiro atoms. The Labute approximate surface area is 142 Å². The Morgan fingerprint density at radius 3 is 2.76 bits per heavy atom. The fourth-order valence-corrected chi connectivity index (χ4v) is 4.61. The van der Waals surface area contributed by atoms with E-state index in [4.69, 9.17) is 0 Å². The minimum Gasteiger partial charge on any atom is -0.207 e. The average molecular weight is 412 g/mol. The predicted octanol–water partition coefficient (Wildman–Crippen LogP) is 5.80. The molecule has 2 aromatic rings. The Morgan fingerprint density at radius 1 is 1.14 bits per heavy atom. The van der Waals surface area contributed by atoms with Crippen molar-refractivity contribution in [2.75, 3.05) is 5.33 Å². The summed E-state index contributed by atoms with van der Waals surface area (Å²) in [6, 6.07) is 13.8. The van der Waals surface area contributed by atoms with Crippen LogP contribution >= 0.6 is 31.9 Å². The summed E-state index contributed by atoms with van der Waals surface area (Å²) >= 11 is 7.16. The molecule has 0 nitrogen and oxygen atoms in total. The average Bonchev–Trinajstić information content (AvgIpc) is 2.51. The monoisotopic (exact) mass is 410 g/mol. The van der Waals surface area contributed by atoms with Gasteiger partial charge in [0.2, 0.25) is 0 Å². The van der Waals surface area contributed by atoms with Crippen molar-refractivity contribution in [2.45, 2.75) is 31.1 Å². The van der Waals surface area contributed by atoms with Crippen molar-refractivity contribution in [3.63, 3.8) is 0 Å². The minimum absolute atomic E-state index is 0.00350. The van der Waals surface area contributed by atoms with Crippen LogP contribution in [0.25, 0.3) is 0 Å². The number of rotatable bonds is 3. The van der Waals surface area contributed by atoms with Gasteiger partial charge < -0.3 is 0 Å². The molecule has 0 saturated carbocycles. The zero-order valence-electron chi connectivity index (χ0n) is 11.7. The molecule has 21 heavy (non-hydrogen) atoms. The second-order valence-electron chi connectivity index (χ2n) is 5.84. The van der Waals surface area contributed by atoms with Gasteiger partial charge in [0.15, 0.2) is 0 Å². The molecule has 1 aliphatic carbocycles. The topological polar surface area (TPSA) is 0 Å². The molecule has 0 amide bonds. The molecule has 1 aliphatic rings. The molecule has 110 valence electrons. The van der Waals surface area contributed by atoms with Gasteiger partial charge in [-0.3, -0.25) is 0 Å². The lowest BCUT2D eigenvalue weighted by molar-refractivity contribution is 0.395. The van der Waals surface area contributed by atoms with Gasteiger partial charge in [-0.15, -0.1) is 0 Å². The summed E-state index contributed by atoms with van der Waals surface area (Å²) in [6.07, 6.45) is 4.13. The third-order valence-electron chi connectivity index (χ3n) is 4.48. The highest BCUT2D eigenvalue weighted by Gasteiger charge is 2.36. The van der Waals surface area contributed by atoms with E-state index in [1.54, 1.807) is 12.1 Å². The molecule has 0 radical (unpaired) electrons. The molecule has 0 aromatic heterocycles. The molecule has 2 aromatic carbocycles. The van der Waals surface area contributed by atoms with Crippen molar-refractivity contribution in [3.8, 4) is 0 Å². The fourth-order valence-electron chi connectivity index (χ4n) is 3.42. The van der Waals surface area contributed by atoms with Crippen molar-refractivity contribution in [2.24, 2.45) is 0 Å². The van der Waals surface area contributed by atoms with E-state index in [1.807, 2.05) is 6.07 Å². The van der Waals surface area contributed by atoms with Gasteiger partial charge in [-0.2, -0.15) is 0 Å². The normalized spacial score (nSPS) is 21.1. The molecule has 1 atom stereocenters. The van der Waals surface area contributed by atoms with Crippen LogP contribution in [0, 0.1) is 5.82 Å². The third-order valence-corrected chi connectivity index (χ3v) is 6.05. The first kappa shape index (κ1) is 15.2. The highest BCUT2D eigenvalue weighted by atomic mass is 79.9. The van der Waals surface area contributed by atoms with Crippen molar-refractivity contribution in [3.05, 3.63) is 69.4 Å². The Bertz CT molecular complexity index is 653. The maximum absolute atomic E-state index is 14.2. The van der Waals surface area contributed by atoms with Gasteiger partial charge in [-0.25, -0.2) is 4.39 Å². The number of fused-ring (bicyclic) bond motifs is 1. The number of hydrogen-bond donors (Lipinski definition) is 0. The van der Waals surface area contributed by atoms with Crippen LogP contribution in [0.5, 0.6) is 0 Å². The number of hydrogen-bond acceptors (Lipinski definition) is 0. The lowest BCUT2D eigenvalue weighted by atomic mass is 9.68. The summed E-state index contributed by atoms with van der Waals surface area (Å²) in [5, 5.41) is 0.864. The van der Waals surface area contributed by atoms with E-state index in [2.05, 4.69) is 56.1 Å². The van der Waals surface area contributed by atoms with E-state index in [9.17, 15) is 4.39 Å². The summed E-state index contributed by atoms with van der Waals surface area (Å²) in [5.74, 6) is -0.110. The maximum atomic E-state index is 14.2. The summed E-state index contributed by atoms with van der Waals surface area (Å²) < 4.78 is 15.1. The van der Waals surface area contributed by atoms with E-state index >= 15 is 0 Å². The number of aryl methyl sites for hydroxylation is 1. The molecule has 0 heterocycles. The van der Waals surface area contributed by atoms with Crippen LogP contribution < -0.4 is 0 Å². The smallest absolute Gasteiger partial charge is 0.126 e. The van der Waals surface area contributed by atoms with E-state index in [1.165, 1.54) is 11.1 Å². The van der Waals surface area contributed by atoms with Gasteiger partial charge in [-0.1, -0.05) is 56.1 Å². The van der Waals surface area contributed by atoms with Gasteiger partial charge in [0.1, 0.15) is 5.82 Å². The van der Waals surface area contributed by atoms with Gasteiger partial charge in [-0.05, 0) is 60.6 Å². The molecule has 0 bridgehead atoms. The van der Waals surface area contributed by atoms with Crippen LogP contribution in [0.15, 0.2) is 46.9 Å². The van der Waals surface area contributed by atoms with Crippen LogP contribution in [0.3, 0.4) is 0 Å². The Kier molecular flexibility index (Phi) is 4.51. The molecule has 0 fully saturated rings. The number of benzene rings is 2. The third kappa shape index (κ3) is 2.95. The summed E-state index contributed by atoms with van der Waals surface area (Å²) in [6.45, 7) is 0. The minimum atomic E-state index is -0.110. The fraction of sp³-hybridized carbons (Fsp3) is 0.333. The standard InChI is InChI=1S/C18H17Br2F/c19-12-18(11-14-10-15(20)7-8-17(14)21)9-3-5-13-4-1-2-6-16(13)18/h1-2,4,6-8,10H,3,5,9,11-12H2. The summed E-state index contributed by atoms with van der Waals surface area (Å²) in [4.78, 5) is 0. The largest absolute Gasteiger partial charge is 0.207 e. The SMILES string of the molecule is Fc1ccc(Br)cc1CC1(CBr)CCCc2ccccc21. The lowest BCUT2D eigenvalue weighted by Crippen LogP contribution is -2.35. The van der Waals surface area contributed by atoms with Crippen molar-refractivity contribution in [1.29, 1.82) is 0 Å². The van der Waals surface area contributed by atoms with Crippen LogP contribution in [-0.2, 0) is 18.3 Å². The first-order valence-corrected chi connectivity index (χ1v) is 9.14. The highest BCUT2D eigenvalue weighted by molar-refractivity contribution is 9.10. The maximum Gasteiger partial charge on any atom is 0.126 e. The molecule has 3 rings (SSSR count). The lowest BCUT2D eigenvalue weighted by Gasteiger charge is -2.38. The second kappa shape index (κ2) is 6.21. The Balaban J connectivity index is 2.04. The van der Waals surface area contributed by atoms with Crippen molar-refractivity contribution < 1.29 is 4.39 Å². The molecular weight excluding hydrogens is 395 g/mol. The highest BCUT2D eigenvalue weighted by Crippen LogP contribution is 2.42. The quantitative estimate of drug-likeness (QED) is 0.560. The zero-order chi connectivity index (χ0) is 14.9. The van der Waals surface area contributed by atoms with Gasteiger partial charge in [0.05, 0.1) is 0 Å². The van der Waals surface area contributed by atoms with E-state index < -0.39 is 0 Å². The Morgan fingerprint density at radius 2 is 1.95 bits per heavy atom. The number of halogens is 3. The molecular formula is C18H17Br2F. The zero-order valence-corrected chi connectivity index (χ0v) is 14.9. The van der Waals surface area contributed by atoms with Crippen molar-refractivity contribution >= 4 is 31.9 Å². The Hall–Kier alpha value is -0.670. The van der Waals surface area contributed by atoms with Gasteiger partial charge in [0.25, 0.3) is 0 Å². The molecule has 3 heteroatoms. The van der Waals surface area contributed by atoms with Crippen molar-refractivity contribution in [1.82, 2.24) is 0 Å².